The van der Waals surface area contributed by atoms with Crippen LogP contribution in [-0.4, -0.2) is 14.8 Å². The highest BCUT2D eigenvalue weighted by Crippen LogP contribution is 2.29. The molecule has 1 heterocycles. The number of nitrogens with zero attached hydrogens (tertiary/aromatic N) is 3. The molecule has 80 valence electrons. The number of nitrogens with two attached hydrogens (primary N) is 1. The molecule has 0 aliphatic heterocycles. The zero-order valence-corrected chi connectivity index (χ0v) is 9.65. The first-order chi connectivity index (χ1) is 6.34. The molecule has 0 aromatic carbocycles. The largest absolute Gasteiger partial charge is 0.321 e. The quantitative estimate of drug-likeness (QED) is 0.786. The molecule has 0 saturated heterocycles. The van der Waals surface area contributed by atoms with Crippen molar-refractivity contribution in [2.75, 3.05) is 0 Å². The molecule has 0 fully saturated rings. The summed E-state index contributed by atoms with van der Waals surface area (Å²) >= 11 is 0. The monoisotopic (exact) mass is 196 g/mol. The maximum absolute atomic E-state index is 6.13. The standard InChI is InChI=1S/C10H20N4/c1-7(2)14-6-12-13-9(14)8(11)10(3,4)5/h6-8H,11H2,1-5H3. The van der Waals surface area contributed by atoms with E-state index in [0.29, 0.717) is 6.04 Å². The van der Waals surface area contributed by atoms with E-state index >= 15 is 0 Å². The van der Waals surface area contributed by atoms with E-state index < -0.39 is 0 Å². The van der Waals surface area contributed by atoms with Gasteiger partial charge < -0.3 is 10.3 Å². The Balaban J connectivity index is 3.01. The fourth-order valence-corrected chi connectivity index (χ4v) is 1.26. The minimum atomic E-state index is -0.0765. The summed E-state index contributed by atoms with van der Waals surface area (Å²) in [5.74, 6) is 0.868. The Morgan fingerprint density at radius 3 is 2.36 bits per heavy atom. The van der Waals surface area contributed by atoms with Crippen molar-refractivity contribution in [3.05, 3.63) is 12.2 Å². The van der Waals surface area contributed by atoms with E-state index in [1.807, 2.05) is 4.57 Å². The van der Waals surface area contributed by atoms with Crippen LogP contribution in [0.25, 0.3) is 0 Å². The van der Waals surface area contributed by atoms with Gasteiger partial charge in [0.05, 0.1) is 6.04 Å². The predicted octanol–water partition coefficient (Wildman–Crippen LogP) is 1.90. The Hall–Kier alpha value is -0.900. The first-order valence-corrected chi connectivity index (χ1v) is 4.99. The van der Waals surface area contributed by atoms with Crippen LogP contribution < -0.4 is 5.73 Å². The van der Waals surface area contributed by atoms with Crippen molar-refractivity contribution in [3.8, 4) is 0 Å². The summed E-state index contributed by atoms with van der Waals surface area (Å²) < 4.78 is 2.02. The topological polar surface area (TPSA) is 56.7 Å². The number of aromatic nitrogens is 3. The molecule has 0 aliphatic rings. The molecule has 1 aromatic heterocycles. The van der Waals surface area contributed by atoms with E-state index in [9.17, 15) is 0 Å². The first kappa shape index (κ1) is 11.2. The molecule has 0 bridgehead atoms. The van der Waals surface area contributed by atoms with Crippen LogP contribution in [0.2, 0.25) is 0 Å². The van der Waals surface area contributed by atoms with Gasteiger partial charge in [-0.25, -0.2) is 0 Å². The third kappa shape index (κ3) is 2.12. The van der Waals surface area contributed by atoms with Crippen LogP contribution in [0.3, 0.4) is 0 Å². The molecular formula is C10H20N4. The van der Waals surface area contributed by atoms with Gasteiger partial charge in [0, 0.05) is 6.04 Å². The van der Waals surface area contributed by atoms with Crippen molar-refractivity contribution >= 4 is 0 Å². The molecule has 1 atom stereocenters. The third-order valence-corrected chi connectivity index (χ3v) is 2.37. The van der Waals surface area contributed by atoms with Gasteiger partial charge in [0.2, 0.25) is 0 Å². The van der Waals surface area contributed by atoms with Gasteiger partial charge in [0.25, 0.3) is 0 Å². The van der Waals surface area contributed by atoms with Crippen molar-refractivity contribution < 1.29 is 0 Å². The smallest absolute Gasteiger partial charge is 0.150 e. The predicted molar refractivity (Wildman–Crippen MR) is 56.8 cm³/mol. The molecule has 4 heteroatoms. The lowest BCUT2D eigenvalue weighted by atomic mass is 9.87. The molecule has 0 aliphatic carbocycles. The summed E-state index contributed by atoms with van der Waals surface area (Å²) in [5, 5.41) is 8.00. The molecule has 1 unspecified atom stereocenters. The second kappa shape index (κ2) is 3.69. The lowest BCUT2D eigenvalue weighted by Crippen LogP contribution is -2.29. The van der Waals surface area contributed by atoms with E-state index in [4.69, 9.17) is 5.73 Å². The van der Waals surface area contributed by atoms with Crippen LogP contribution in [0.5, 0.6) is 0 Å². The Morgan fingerprint density at radius 1 is 1.36 bits per heavy atom. The Labute approximate surface area is 85.5 Å². The Bertz CT molecular complexity index is 295. The second-order valence-corrected chi connectivity index (χ2v) is 5.03. The highest BCUT2D eigenvalue weighted by Gasteiger charge is 2.27. The fourth-order valence-electron chi connectivity index (χ4n) is 1.26. The highest BCUT2D eigenvalue weighted by molar-refractivity contribution is 5.00. The van der Waals surface area contributed by atoms with Crippen molar-refractivity contribution in [1.82, 2.24) is 14.8 Å². The minimum absolute atomic E-state index is 0.0136. The highest BCUT2D eigenvalue weighted by atomic mass is 15.3. The molecule has 0 spiro atoms. The van der Waals surface area contributed by atoms with Crippen LogP contribution >= 0.6 is 0 Å². The lowest BCUT2D eigenvalue weighted by Gasteiger charge is -2.27. The molecule has 2 N–H and O–H groups in total. The average Bonchev–Trinajstić information content (AvgIpc) is 2.48. The molecular weight excluding hydrogens is 176 g/mol. The lowest BCUT2D eigenvalue weighted by molar-refractivity contribution is 0.303. The molecule has 1 rings (SSSR count). The van der Waals surface area contributed by atoms with Crippen LogP contribution in [0.4, 0.5) is 0 Å². The third-order valence-electron chi connectivity index (χ3n) is 2.37. The summed E-state index contributed by atoms with van der Waals surface area (Å²) in [5.41, 5.74) is 6.15. The maximum atomic E-state index is 6.13. The van der Waals surface area contributed by atoms with Crippen LogP contribution in [0.1, 0.15) is 52.5 Å². The molecule has 4 nitrogen and oxygen atoms in total. The van der Waals surface area contributed by atoms with Gasteiger partial charge >= 0.3 is 0 Å². The number of hydrogen-bond donors (Lipinski definition) is 1. The van der Waals surface area contributed by atoms with Crippen LogP contribution in [0, 0.1) is 5.41 Å². The molecule has 0 saturated carbocycles. The van der Waals surface area contributed by atoms with Gasteiger partial charge in [0.1, 0.15) is 6.33 Å². The van der Waals surface area contributed by atoms with Gasteiger partial charge in [-0.2, -0.15) is 0 Å². The van der Waals surface area contributed by atoms with Crippen molar-refractivity contribution in [1.29, 1.82) is 0 Å². The van der Waals surface area contributed by atoms with Crippen molar-refractivity contribution in [2.24, 2.45) is 11.1 Å². The Morgan fingerprint density at radius 2 is 1.93 bits per heavy atom. The van der Waals surface area contributed by atoms with Crippen LogP contribution in [-0.2, 0) is 0 Å². The first-order valence-electron chi connectivity index (χ1n) is 4.99. The van der Waals surface area contributed by atoms with Crippen molar-refractivity contribution in [3.63, 3.8) is 0 Å². The second-order valence-electron chi connectivity index (χ2n) is 5.03. The normalized spacial score (nSPS) is 14.8. The van der Waals surface area contributed by atoms with Gasteiger partial charge in [-0.3, -0.25) is 0 Å². The summed E-state index contributed by atoms with van der Waals surface area (Å²) in [6.07, 6.45) is 1.74. The van der Waals surface area contributed by atoms with E-state index in [1.54, 1.807) is 6.33 Å². The molecule has 0 amide bonds. The van der Waals surface area contributed by atoms with Gasteiger partial charge in [-0.05, 0) is 19.3 Å². The Kier molecular flexibility index (Phi) is 2.95. The van der Waals surface area contributed by atoms with E-state index in [0.717, 1.165) is 5.82 Å². The molecule has 14 heavy (non-hydrogen) atoms. The minimum Gasteiger partial charge on any atom is -0.321 e. The number of rotatable bonds is 2. The SMILES string of the molecule is CC(C)n1cnnc1C(N)C(C)(C)C. The van der Waals surface area contributed by atoms with Gasteiger partial charge in [-0.15, -0.1) is 10.2 Å². The molecule has 0 radical (unpaired) electrons. The molecule has 1 aromatic rings. The van der Waals surface area contributed by atoms with Gasteiger partial charge in [-0.1, -0.05) is 20.8 Å². The van der Waals surface area contributed by atoms with E-state index in [1.165, 1.54) is 0 Å². The summed E-state index contributed by atoms with van der Waals surface area (Å²) in [6.45, 7) is 10.5. The van der Waals surface area contributed by atoms with Gasteiger partial charge in [0.15, 0.2) is 5.82 Å². The maximum Gasteiger partial charge on any atom is 0.150 e. The zero-order chi connectivity index (χ0) is 10.9. The fraction of sp³-hybridized carbons (Fsp3) is 0.800. The summed E-state index contributed by atoms with van der Waals surface area (Å²) in [6, 6.07) is 0.279. The summed E-state index contributed by atoms with van der Waals surface area (Å²) in [7, 11) is 0. The average molecular weight is 196 g/mol. The van der Waals surface area contributed by atoms with Crippen LogP contribution in [0.15, 0.2) is 6.33 Å². The zero-order valence-electron chi connectivity index (χ0n) is 9.65. The van der Waals surface area contributed by atoms with E-state index in [2.05, 4.69) is 44.8 Å². The number of hydrogen-bond acceptors (Lipinski definition) is 3. The van der Waals surface area contributed by atoms with Crippen molar-refractivity contribution in [2.45, 2.75) is 46.7 Å². The van der Waals surface area contributed by atoms with E-state index in [-0.39, 0.29) is 11.5 Å². The summed E-state index contributed by atoms with van der Waals surface area (Å²) in [4.78, 5) is 0.